The Hall–Kier alpha value is -1.07. The maximum Gasteiger partial charge on any atom is 0.236 e. The van der Waals surface area contributed by atoms with E-state index in [1.54, 1.807) is 17.0 Å². The van der Waals surface area contributed by atoms with Gasteiger partial charge in [-0.05, 0) is 31.2 Å². The maximum absolute atomic E-state index is 12.8. The molecule has 0 atom stereocenters. The molecule has 0 spiro atoms. The summed E-state index contributed by atoms with van der Waals surface area (Å²) in [5.41, 5.74) is 0.698. The second-order valence-corrected chi connectivity index (χ2v) is 4.50. The van der Waals surface area contributed by atoms with E-state index in [4.69, 9.17) is 5.11 Å². The van der Waals surface area contributed by atoms with E-state index in [-0.39, 0.29) is 18.3 Å². The molecule has 1 N–H and O–H groups in total. The fourth-order valence-corrected chi connectivity index (χ4v) is 2.03. The van der Waals surface area contributed by atoms with Gasteiger partial charge < -0.3 is 10.0 Å². The van der Waals surface area contributed by atoms with Crippen molar-refractivity contribution in [3.8, 4) is 0 Å². The third kappa shape index (κ3) is 4.36. The van der Waals surface area contributed by atoms with Crippen molar-refractivity contribution in [2.75, 3.05) is 29.6 Å². The number of amides is 1. The van der Waals surface area contributed by atoms with Gasteiger partial charge in [-0.15, -0.1) is 11.8 Å². The number of aliphatic hydroxyl groups is 1. The molecule has 0 aliphatic rings. The monoisotopic (exact) mass is 257 g/mol. The van der Waals surface area contributed by atoms with E-state index >= 15 is 0 Å². The van der Waals surface area contributed by atoms with Gasteiger partial charge in [0.2, 0.25) is 5.91 Å². The zero-order chi connectivity index (χ0) is 12.7. The zero-order valence-corrected chi connectivity index (χ0v) is 10.5. The predicted molar refractivity (Wildman–Crippen MR) is 68.8 cm³/mol. The van der Waals surface area contributed by atoms with Crippen molar-refractivity contribution in [1.29, 1.82) is 0 Å². The number of hydrogen-bond donors (Lipinski definition) is 1. The first kappa shape index (κ1) is 14.0. The third-order valence-electron chi connectivity index (χ3n) is 2.22. The lowest BCUT2D eigenvalue weighted by atomic mass is 10.3. The number of carbonyl (C=O) groups excluding carboxylic acids is 1. The molecule has 0 aliphatic heterocycles. The smallest absolute Gasteiger partial charge is 0.236 e. The summed E-state index contributed by atoms with van der Waals surface area (Å²) in [7, 11) is 0. The molecule has 0 bridgehead atoms. The molecular weight excluding hydrogens is 241 g/mol. The van der Waals surface area contributed by atoms with Gasteiger partial charge in [0.15, 0.2) is 0 Å². The predicted octanol–water partition coefficient (Wildman–Crippen LogP) is 1.90. The van der Waals surface area contributed by atoms with Crippen LogP contribution >= 0.6 is 11.8 Å². The minimum Gasteiger partial charge on any atom is -0.396 e. The van der Waals surface area contributed by atoms with Crippen LogP contribution in [-0.4, -0.2) is 35.7 Å². The van der Waals surface area contributed by atoms with Crippen molar-refractivity contribution in [2.24, 2.45) is 0 Å². The van der Waals surface area contributed by atoms with Gasteiger partial charge in [0.25, 0.3) is 0 Å². The van der Waals surface area contributed by atoms with Crippen LogP contribution in [0.25, 0.3) is 0 Å². The van der Waals surface area contributed by atoms with Gasteiger partial charge in [0, 0.05) is 18.0 Å². The molecule has 1 amide bonds. The highest BCUT2D eigenvalue weighted by Crippen LogP contribution is 2.16. The Bertz CT molecular complexity index is 356. The van der Waals surface area contributed by atoms with Crippen molar-refractivity contribution in [3.05, 3.63) is 30.1 Å². The minimum absolute atomic E-state index is 0.0300. The molecule has 3 nitrogen and oxygen atoms in total. The highest BCUT2D eigenvalue weighted by Gasteiger charge is 2.13. The van der Waals surface area contributed by atoms with Gasteiger partial charge >= 0.3 is 0 Å². The average Bonchev–Trinajstić information content (AvgIpc) is 2.33. The van der Waals surface area contributed by atoms with Crippen LogP contribution in [0.2, 0.25) is 0 Å². The topological polar surface area (TPSA) is 40.5 Å². The summed E-state index contributed by atoms with van der Waals surface area (Å²) in [6.45, 7) is 2.49. The second kappa shape index (κ2) is 7.29. The number of benzene rings is 1. The SMILES string of the molecule is CCN(C(=O)CSCCO)c1ccc(F)cc1. The molecule has 5 heteroatoms. The van der Waals surface area contributed by atoms with E-state index in [1.807, 2.05) is 6.92 Å². The Kier molecular flexibility index (Phi) is 6.00. The lowest BCUT2D eigenvalue weighted by Crippen LogP contribution is -2.32. The number of carbonyl (C=O) groups is 1. The van der Waals surface area contributed by atoms with Crippen LogP contribution in [0.15, 0.2) is 24.3 Å². The van der Waals surface area contributed by atoms with Gasteiger partial charge in [0.1, 0.15) is 5.82 Å². The Balaban J connectivity index is 2.64. The number of nitrogens with zero attached hydrogens (tertiary/aromatic N) is 1. The highest BCUT2D eigenvalue weighted by atomic mass is 32.2. The molecule has 0 aliphatic carbocycles. The summed E-state index contributed by atoms with van der Waals surface area (Å²) in [5.74, 6) is 0.530. The normalized spacial score (nSPS) is 10.3. The third-order valence-corrected chi connectivity index (χ3v) is 3.14. The first-order valence-electron chi connectivity index (χ1n) is 5.43. The Morgan fingerprint density at radius 1 is 1.41 bits per heavy atom. The van der Waals surface area contributed by atoms with Crippen LogP contribution in [0.1, 0.15) is 6.92 Å². The molecular formula is C12H16FNO2S. The van der Waals surface area contributed by atoms with Crippen molar-refractivity contribution >= 4 is 23.4 Å². The van der Waals surface area contributed by atoms with Gasteiger partial charge in [-0.3, -0.25) is 4.79 Å². The summed E-state index contributed by atoms with van der Waals surface area (Å²) >= 11 is 1.39. The summed E-state index contributed by atoms with van der Waals surface area (Å²) < 4.78 is 12.8. The van der Waals surface area contributed by atoms with Crippen molar-refractivity contribution in [2.45, 2.75) is 6.92 Å². The average molecular weight is 257 g/mol. The number of rotatable bonds is 6. The molecule has 0 saturated carbocycles. The molecule has 0 fully saturated rings. The van der Waals surface area contributed by atoms with E-state index in [9.17, 15) is 9.18 Å². The number of hydrogen-bond acceptors (Lipinski definition) is 3. The molecule has 94 valence electrons. The van der Waals surface area contributed by atoms with E-state index < -0.39 is 0 Å². The van der Waals surface area contributed by atoms with E-state index in [1.165, 1.54) is 23.9 Å². The van der Waals surface area contributed by atoms with Crippen LogP contribution in [0.4, 0.5) is 10.1 Å². The molecule has 0 radical (unpaired) electrons. The second-order valence-electron chi connectivity index (χ2n) is 3.39. The molecule has 0 unspecified atom stereocenters. The van der Waals surface area contributed by atoms with Gasteiger partial charge in [-0.2, -0.15) is 0 Å². The molecule has 0 aromatic heterocycles. The lowest BCUT2D eigenvalue weighted by molar-refractivity contribution is -0.116. The number of anilines is 1. The van der Waals surface area contributed by atoms with E-state index in [0.29, 0.717) is 23.7 Å². The van der Waals surface area contributed by atoms with Crippen molar-refractivity contribution in [1.82, 2.24) is 0 Å². The Labute approximate surface area is 105 Å². The highest BCUT2D eigenvalue weighted by molar-refractivity contribution is 7.99. The lowest BCUT2D eigenvalue weighted by Gasteiger charge is -2.20. The maximum atomic E-state index is 12.8. The number of aliphatic hydroxyl groups excluding tert-OH is 1. The number of thioether (sulfide) groups is 1. The van der Waals surface area contributed by atoms with E-state index in [0.717, 1.165) is 0 Å². The molecule has 0 heterocycles. The van der Waals surface area contributed by atoms with Gasteiger partial charge in [0.05, 0.1) is 12.4 Å². The van der Waals surface area contributed by atoms with Gasteiger partial charge in [-0.1, -0.05) is 0 Å². The number of halogens is 1. The standard InChI is InChI=1S/C12H16FNO2S/c1-2-14(12(16)9-17-8-7-15)11-5-3-10(13)4-6-11/h3-6,15H,2,7-9H2,1H3. The van der Waals surface area contributed by atoms with Gasteiger partial charge in [-0.25, -0.2) is 4.39 Å². The van der Waals surface area contributed by atoms with Crippen LogP contribution in [-0.2, 0) is 4.79 Å². The quantitative estimate of drug-likeness (QED) is 0.791. The van der Waals surface area contributed by atoms with Crippen LogP contribution in [0.5, 0.6) is 0 Å². The molecule has 1 aromatic carbocycles. The molecule has 0 saturated heterocycles. The molecule has 1 aromatic rings. The van der Waals surface area contributed by atoms with Crippen LogP contribution in [0.3, 0.4) is 0 Å². The Morgan fingerprint density at radius 2 is 2.06 bits per heavy atom. The summed E-state index contributed by atoms with van der Waals surface area (Å²) in [5, 5.41) is 8.64. The fourth-order valence-electron chi connectivity index (χ4n) is 1.43. The zero-order valence-electron chi connectivity index (χ0n) is 9.73. The van der Waals surface area contributed by atoms with Crippen molar-refractivity contribution < 1.29 is 14.3 Å². The largest absolute Gasteiger partial charge is 0.396 e. The summed E-state index contributed by atoms with van der Waals surface area (Å²) in [6, 6.07) is 5.86. The van der Waals surface area contributed by atoms with Crippen LogP contribution in [0, 0.1) is 5.82 Å². The van der Waals surface area contributed by atoms with Crippen molar-refractivity contribution in [3.63, 3.8) is 0 Å². The molecule has 1 rings (SSSR count). The fraction of sp³-hybridized carbons (Fsp3) is 0.417. The molecule has 17 heavy (non-hydrogen) atoms. The summed E-state index contributed by atoms with van der Waals surface area (Å²) in [6.07, 6.45) is 0. The first-order chi connectivity index (χ1) is 8.19. The van der Waals surface area contributed by atoms with E-state index in [2.05, 4.69) is 0 Å². The Morgan fingerprint density at radius 3 is 2.59 bits per heavy atom. The first-order valence-corrected chi connectivity index (χ1v) is 6.59. The van der Waals surface area contributed by atoms with Crippen LogP contribution < -0.4 is 4.90 Å². The summed E-state index contributed by atoms with van der Waals surface area (Å²) in [4.78, 5) is 13.5. The minimum atomic E-state index is -0.313.